The first kappa shape index (κ1) is 26.7. The molecule has 1 aliphatic heterocycles. The van der Waals surface area contributed by atoms with Crippen LogP contribution in [0.1, 0.15) is 42.7 Å². The maximum Gasteiger partial charge on any atom is 0.315 e. The molecule has 1 heterocycles. The molecule has 0 radical (unpaired) electrons. The lowest BCUT2D eigenvalue weighted by molar-refractivity contribution is -0.143. The van der Waals surface area contributed by atoms with Crippen molar-refractivity contribution in [2.75, 3.05) is 35.5 Å². The first-order valence-corrected chi connectivity index (χ1v) is 12.6. The highest BCUT2D eigenvalue weighted by molar-refractivity contribution is 9.10. The zero-order valence-electron chi connectivity index (χ0n) is 21.7. The molecule has 0 bridgehead atoms. The molecule has 1 unspecified atom stereocenters. The van der Waals surface area contributed by atoms with Gasteiger partial charge in [0.1, 0.15) is 5.92 Å². The van der Waals surface area contributed by atoms with E-state index in [2.05, 4.69) is 15.9 Å². The minimum absolute atomic E-state index is 0.0536. The van der Waals surface area contributed by atoms with Crippen molar-refractivity contribution in [2.45, 2.75) is 31.6 Å². The Hall–Kier alpha value is -3.33. The quantitative estimate of drug-likeness (QED) is 0.420. The van der Waals surface area contributed by atoms with Gasteiger partial charge in [-0.1, -0.05) is 6.07 Å². The van der Waals surface area contributed by atoms with Gasteiger partial charge < -0.3 is 23.7 Å². The van der Waals surface area contributed by atoms with Gasteiger partial charge >= 0.3 is 5.97 Å². The number of carbonyl (C=O) groups is 2. The zero-order valence-corrected chi connectivity index (χ0v) is 23.3. The summed E-state index contributed by atoms with van der Waals surface area (Å²) in [6, 6.07) is 9.36. The highest BCUT2D eigenvalue weighted by atomic mass is 79.9. The zero-order chi connectivity index (χ0) is 26.9. The largest absolute Gasteiger partial charge is 0.493 e. The summed E-state index contributed by atoms with van der Waals surface area (Å²) in [5.74, 6) is 0.346. The molecule has 2 aliphatic rings. The van der Waals surface area contributed by atoms with Crippen LogP contribution in [0, 0.1) is 5.92 Å². The van der Waals surface area contributed by atoms with Crippen LogP contribution in [0.2, 0.25) is 0 Å². The second-order valence-corrected chi connectivity index (χ2v) is 9.83. The van der Waals surface area contributed by atoms with Crippen molar-refractivity contribution >= 4 is 33.4 Å². The number of aliphatic imine (C=N–C) groups is 1. The Labute approximate surface area is 224 Å². The van der Waals surface area contributed by atoms with E-state index in [-0.39, 0.29) is 18.1 Å². The Balaban J connectivity index is 1.84. The molecule has 196 valence electrons. The third-order valence-electron chi connectivity index (χ3n) is 7.04. The van der Waals surface area contributed by atoms with E-state index in [0.29, 0.717) is 50.9 Å². The molecule has 0 fully saturated rings. The second-order valence-electron chi connectivity index (χ2n) is 8.97. The van der Waals surface area contributed by atoms with Crippen LogP contribution in [0.25, 0.3) is 0 Å². The van der Waals surface area contributed by atoms with Crippen molar-refractivity contribution in [3.63, 3.8) is 0 Å². The fourth-order valence-electron chi connectivity index (χ4n) is 5.31. The van der Waals surface area contributed by atoms with E-state index >= 15 is 0 Å². The van der Waals surface area contributed by atoms with Gasteiger partial charge in [0.15, 0.2) is 28.8 Å². The number of ether oxygens (including phenoxy) is 5. The summed E-state index contributed by atoms with van der Waals surface area (Å²) >= 11 is 3.55. The number of nitrogens with zero attached hydrogens (tertiary/aromatic N) is 1. The Bertz CT molecular complexity index is 1300. The minimum atomic E-state index is -0.740. The van der Waals surface area contributed by atoms with Crippen LogP contribution >= 0.6 is 15.9 Å². The van der Waals surface area contributed by atoms with Crippen LogP contribution in [0.4, 0.5) is 0 Å². The molecule has 0 saturated carbocycles. The molecule has 0 saturated heterocycles. The predicted molar refractivity (Wildman–Crippen MR) is 142 cm³/mol. The molecule has 0 amide bonds. The van der Waals surface area contributed by atoms with Crippen molar-refractivity contribution in [3.8, 4) is 23.0 Å². The van der Waals surface area contributed by atoms with Crippen LogP contribution in [-0.4, -0.2) is 53.0 Å². The number of hydrogen-bond donors (Lipinski definition) is 0. The second kappa shape index (κ2) is 11.0. The number of Topliss-reactive ketones (excluding diaryl/α,β-unsaturated/α-hetero) is 1. The Morgan fingerprint density at radius 2 is 1.57 bits per heavy atom. The molecule has 1 aliphatic carbocycles. The summed E-state index contributed by atoms with van der Waals surface area (Å²) in [7, 11) is 7.61. The molecule has 37 heavy (non-hydrogen) atoms. The first-order valence-electron chi connectivity index (χ1n) is 11.8. The van der Waals surface area contributed by atoms with Crippen LogP contribution < -0.4 is 18.9 Å². The molecular weight excluding hydrogens is 542 g/mol. The minimum Gasteiger partial charge on any atom is -0.493 e. The average molecular weight is 572 g/mol. The molecule has 2 aromatic rings. The van der Waals surface area contributed by atoms with Crippen molar-refractivity contribution < 1.29 is 33.3 Å². The number of allylic oxidation sites excluding steroid dienone is 2. The highest BCUT2D eigenvalue weighted by Crippen LogP contribution is 2.49. The van der Waals surface area contributed by atoms with Gasteiger partial charge in [0.25, 0.3) is 0 Å². The average Bonchev–Trinajstić information content (AvgIpc) is 2.90. The molecule has 2 aromatic carbocycles. The summed E-state index contributed by atoms with van der Waals surface area (Å²) < 4.78 is 27.7. The number of hydrogen-bond acceptors (Lipinski definition) is 8. The molecule has 4 rings (SSSR count). The molecule has 0 aromatic heterocycles. The molecule has 9 heteroatoms. The number of benzene rings is 2. The summed E-state index contributed by atoms with van der Waals surface area (Å²) in [5.41, 5.74) is 3.52. The van der Waals surface area contributed by atoms with E-state index in [9.17, 15) is 9.59 Å². The maximum absolute atomic E-state index is 13.8. The van der Waals surface area contributed by atoms with Gasteiger partial charge in [-0.2, -0.15) is 0 Å². The van der Waals surface area contributed by atoms with E-state index in [1.807, 2.05) is 24.3 Å². The number of ketones is 1. The third kappa shape index (κ3) is 4.84. The number of esters is 1. The van der Waals surface area contributed by atoms with Gasteiger partial charge in [0, 0.05) is 29.3 Å². The Morgan fingerprint density at radius 3 is 2.19 bits per heavy atom. The van der Waals surface area contributed by atoms with E-state index < -0.39 is 17.8 Å². The molecule has 0 spiro atoms. The van der Waals surface area contributed by atoms with Gasteiger partial charge in [-0.15, -0.1) is 0 Å². The number of carbonyl (C=O) groups excluding carboxylic acids is 2. The van der Waals surface area contributed by atoms with Crippen molar-refractivity contribution in [1.29, 1.82) is 0 Å². The van der Waals surface area contributed by atoms with Crippen LogP contribution in [0.5, 0.6) is 23.0 Å². The normalized spacial score (nSPS) is 21.1. The summed E-state index contributed by atoms with van der Waals surface area (Å²) in [6.07, 6.45) is 0.828. The van der Waals surface area contributed by atoms with Crippen molar-refractivity contribution in [3.05, 3.63) is 57.2 Å². The number of rotatable bonds is 7. The topological polar surface area (TPSA) is 92.7 Å². The first-order chi connectivity index (χ1) is 17.8. The molecule has 0 N–H and O–H groups in total. The Morgan fingerprint density at radius 1 is 0.892 bits per heavy atom. The lowest BCUT2D eigenvalue weighted by Crippen LogP contribution is -2.37. The number of methoxy groups -OCH3 is 5. The van der Waals surface area contributed by atoms with Gasteiger partial charge in [0.05, 0.1) is 40.0 Å². The highest BCUT2D eigenvalue weighted by Gasteiger charge is 2.45. The SMILES string of the molecule is COC(=O)C1C(C)=NC2=C(C(=O)C[C@H](c3ccc(OC)c(OC)c3)C2)[C@H]1c1cc(Br)c(OC)c(OC)c1. The van der Waals surface area contributed by atoms with Gasteiger partial charge in [0.2, 0.25) is 0 Å². The van der Waals surface area contributed by atoms with Gasteiger partial charge in [-0.3, -0.25) is 14.6 Å². The smallest absolute Gasteiger partial charge is 0.315 e. The molecular formula is C28H30BrNO7. The lowest BCUT2D eigenvalue weighted by atomic mass is 9.69. The van der Waals surface area contributed by atoms with Crippen LogP contribution in [0.15, 0.2) is 51.1 Å². The predicted octanol–water partition coefficient (Wildman–Crippen LogP) is 5.23. The van der Waals surface area contributed by atoms with Crippen molar-refractivity contribution in [1.82, 2.24) is 0 Å². The monoisotopic (exact) mass is 571 g/mol. The Kier molecular flexibility index (Phi) is 7.92. The standard InChI is InChI=1S/C28H30BrNO7/c1-14-24(28(32)37-6)25(17-9-18(29)27(36-5)23(13-17)35-4)26-19(30-14)10-16(11-20(26)31)15-7-8-21(33-2)22(12-15)34-3/h7-9,12-13,16,24-25H,10-11H2,1-6H3/t16-,24?,25+/m1/s1. The fourth-order valence-corrected chi connectivity index (χ4v) is 5.93. The fraction of sp³-hybridized carbons (Fsp3) is 0.393. The number of halogens is 1. The maximum atomic E-state index is 13.8. The van der Waals surface area contributed by atoms with Gasteiger partial charge in [-0.25, -0.2) is 0 Å². The van der Waals surface area contributed by atoms with Gasteiger partial charge in [-0.05, 0) is 70.6 Å². The van der Waals surface area contributed by atoms with E-state index in [1.54, 1.807) is 41.4 Å². The summed E-state index contributed by atoms with van der Waals surface area (Å²) in [4.78, 5) is 31.6. The molecule has 8 nitrogen and oxygen atoms in total. The lowest BCUT2D eigenvalue weighted by Gasteiger charge is -2.36. The molecule has 3 atom stereocenters. The van der Waals surface area contributed by atoms with E-state index in [4.69, 9.17) is 28.7 Å². The van der Waals surface area contributed by atoms with Crippen LogP contribution in [-0.2, 0) is 14.3 Å². The summed E-state index contributed by atoms with van der Waals surface area (Å²) in [6.45, 7) is 1.80. The van der Waals surface area contributed by atoms with Crippen LogP contribution in [0.3, 0.4) is 0 Å². The third-order valence-corrected chi connectivity index (χ3v) is 7.63. The van der Waals surface area contributed by atoms with E-state index in [0.717, 1.165) is 11.1 Å². The summed E-state index contributed by atoms with van der Waals surface area (Å²) in [5, 5.41) is 0. The van der Waals surface area contributed by atoms with Crippen molar-refractivity contribution in [2.24, 2.45) is 10.9 Å². The van der Waals surface area contributed by atoms with E-state index in [1.165, 1.54) is 7.11 Å².